The average Bonchev–Trinajstić information content (AvgIpc) is 3.23. The summed E-state index contributed by atoms with van der Waals surface area (Å²) in [6.45, 7) is 0.286. The van der Waals surface area contributed by atoms with Crippen LogP contribution in [0.5, 0.6) is 5.75 Å². The Morgan fingerprint density at radius 1 is 1.09 bits per heavy atom. The fourth-order valence-electron chi connectivity index (χ4n) is 3.47. The van der Waals surface area contributed by atoms with Crippen LogP contribution in [0, 0.1) is 0 Å². The predicted molar refractivity (Wildman–Crippen MR) is 122 cm³/mol. The maximum absolute atomic E-state index is 13.0. The Hall–Kier alpha value is -4.04. The van der Waals surface area contributed by atoms with Gasteiger partial charge in [-0.3, -0.25) is 14.5 Å². The molecule has 0 saturated carbocycles. The Kier molecular flexibility index (Phi) is 5.70. The van der Waals surface area contributed by atoms with Gasteiger partial charge in [-0.15, -0.1) is 0 Å². The molecule has 0 unspecified atom stereocenters. The molecule has 1 saturated heterocycles. The fraction of sp³-hybridized carbons (Fsp3) is 0.0833. The lowest BCUT2D eigenvalue weighted by atomic mass is 10.00. The second-order valence-electron chi connectivity index (χ2n) is 7.29. The number of nitrogens with one attached hydrogen (secondary N) is 1. The van der Waals surface area contributed by atoms with E-state index in [2.05, 4.69) is 4.98 Å². The lowest BCUT2D eigenvalue weighted by molar-refractivity contribution is -0.128. The molecule has 2 aromatic carbocycles. The number of carbonyl (C=O) groups excluding carboxylic acids is 2. The van der Waals surface area contributed by atoms with E-state index in [1.807, 2.05) is 30.3 Å². The minimum Gasteiger partial charge on any atom is -0.507 e. The number of phenols is 1. The topological polar surface area (TPSA) is 111 Å². The summed E-state index contributed by atoms with van der Waals surface area (Å²) in [5, 5.41) is 19.0. The number of likely N-dealkylation sites (tertiary alicyclic amines) is 1. The third kappa shape index (κ3) is 4.21. The van der Waals surface area contributed by atoms with Crippen LogP contribution in [0.4, 0.5) is 0 Å². The van der Waals surface area contributed by atoms with Gasteiger partial charge in [0.25, 0.3) is 5.91 Å². The molecule has 1 fully saturated rings. The van der Waals surface area contributed by atoms with Crippen LogP contribution < -0.4 is 0 Å². The number of hydrogen-bond donors (Lipinski definition) is 3. The van der Waals surface area contributed by atoms with Crippen molar-refractivity contribution in [2.75, 3.05) is 0 Å². The summed E-state index contributed by atoms with van der Waals surface area (Å²) in [6, 6.07) is 17.0. The highest BCUT2D eigenvalue weighted by molar-refractivity contribution is 7.80. The van der Waals surface area contributed by atoms with Crippen LogP contribution in [0.3, 0.4) is 0 Å². The number of ketones is 1. The van der Waals surface area contributed by atoms with E-state index in [0.717, 1.165) is 5.56 Å². The highest BCUT2D eigenvalue weighted by atomic mass is 32.1. The number of carbonyl (C=O) groups is 3. The van der Waals surface area contributed by atoms with Crippen molar-refractivity contribution in [1.82, 2.24) is 9.88 Å². The molecule has 3 aromatic rings. The van der Waals surface area contributed by atoms with Crippen molar-refractivity contribution in [2.24, 2.45) is 0 Å². The molecule has 0 spiro atoms. The smallest absolute Gasteiger partial charge is 0.339 e. The van der Waals surface area contributed by atoms with Crippen LogP contribution in [0.15, 0.2) is 66.2 Å². The summed E-state index contributed by atoms with van der Waals surface area (Å²) in [5.41, 5.74) is 2.42. The first-order chi connectivity index (χ1) is 15.3. The van der Waals surface area contributed by atoms with Crippen molar-refractivity contribution in [3.05, 3.63) is 83.1 Å². The Morgan fingerprint density at radius 2 is 1.84 bits per heavy atom. The molecule has 1 aliphatic rings. The molecule has 1 amide bonds. The van der Waals surface area contributed by atoms with E-state index in [0.29, 0.717) is 21.9 Å². The number of hydrogen-bond acceptors (Lipinski definition) is 5. The number of Topliss-reactive ketones (excluding diaryl/α,β-unsaturated/α-hetero) is 1. The zero-order valence-electron chi connectivity index (χ0n) is 16.7. The molecule has 0 bridgehead atoms. The van der Waals surface area contributed by atoms with Gasteiger partial charge in [0.05, 0.1) is 23.5 Å². The van der Waals surface area contributed by atoms with E-state index in [-0.39, 0.29) is 35.6 Å². The fourth-order valence-corrected chi connectivity index (χ4v) is 3.75. The lowest BCUT2D eigenvalue weighted by Crippen LogP contribution is -2.43. The van der Waals surface area contributed by atoms with Gasteiger partial charge in [0.15, 0.2) is 5.78 Å². The van der Waals surface area contributed by atoms with E-state index in [4.69, 9.17) is 17.3 Å². The van der Waals surface area contributed by atoms with Gasteiger partial charge in [0.1, 0.15) is 11.3 Å². The second-order valence-corrected chi connectivity index (χ2v) is 7.76. The quantitative estimate of drug-likeness (QED) is 0.312. The van der Waals surface area contributed by atoms with E-state index in [9.17, 15) is 19.5 Å². The van der Waals surface area contributed by atoms with Crippen LogP contribution in [0.2, 0.25) is 0 Å². The molecule has 0 radical (unpaired) electrons. The van der Waals surface area contributed by atoms with Crippen LogP contribution in [0.25, 0.3) is 17.3 Å². The van der Waals surface area contributed by atoms with Gasteiger partial charge in [-0.2, -0.15) is 0 Å². The van der Waals surface area contributed by atoms with Gasteiger partial charge in [-0.05, 0) is 35.9 Å². The van der Waals surface area contributed by atoms with Crippen molar-refractivity contribution in [1.29, 1.82) is 0 Å². The van der Waals surface area contributed by atoms with E-state index in [1.54, 1.807) is 18.2 Å². The first-order valence-corrected chi connectivity index (χ1v) is 10.1. The molecule has 160 valence electrons. The summed E-state index contributed by atoms with van der Waals surface area (Å²) < 4.78 is 0. The number of aromatic amines is 1. The summed E-state index contributed by atoms with van der Waals surface area (Å²) in [7, 11) is 0. The Balaban J connectivity index is 1.60. The van der Waals surface area contributed by atoms with Gasteiger partial charge in [-0.25, -0.2) is 4.79 Å². The van der Waals surface area contributed by atoms with Gasteiger partial charge in [0.2, 0.25) is 0 Å². The molecule has 4 rings (SSSR count). The number of amides is 1. The van der Waals surface area contributed by atoms with Crippen molar-refractivity contribution >= 4 is 40.9 Å². The number of piperidine rings is 1. The molecule has 8 heteroatoms. The molecule has 1 aliphatic heterocycles. The minimum atomic E-state index is -1.22. The second kappa shape index (κ2) is 8.60. The van der Waals surface area contributed by atoms with Gasteiger partial charge in [0, 0.05) is 17.0 Å². The largest absolute Gasteiger partial charge is 0.507 e. The summed E-state index contributed by atoms with van der Waals surface area (Å²) in [4.78, 5) is 41.4. The van der Waals surface area contributed by atoms with Gasteiger partial charge < -0.3 is 15.2 Å². The number of carboxylic acids is 1. The first kappa shape index (κ1) is 21.2. The standard InChI is InChI=1S/C24H18N2O5S/c27-20-10-15(6-8-17(20)24(30)31)19-9-7-16(25-19)11-18-21(28)12-22(32)26(23(18)29)13-14-4-2-1-3-5-14/h1-11,25,27H,12-13H2,(H,30,31)/b18-11+. The SMILES string of the molecule is O=C1CC(=S)N(Cc2ccccc2)C(=O)/C1=C/c1ccc(-c2ccc(C(=O)O)c(O)c2)[nH]1. The first-order valence-electron chi connectivity index (χ1n) is 9.72. The van der Waals surface area contributed by atoms with Crippen LogP contribution >= 0.6 is 12.2 Å². The minimum absolute atomic E-state index is 0.0160. The Bertz CT molecular complexity index is 1280. The number of rotatable bonds is 5. The molecule has 0 aliphatic carbocycles. The Labute approximate surface area is 188 Å². The van der Waals surface area contributed by atoms with E-state index < -0.39 is 11.9 Å². The molecule has 3 N–H and O–H groups in total. The third-order valence-corrected chi connectivity index (χ3v) is 5.48. The molecular formula is C24H18N2O5S. The zero-order chi connectivity index (χ0) is 22.8. The number of benzene rings is 2. The molecule has 1 aromatic heterocycles. The highest BCUT2D eigenvalue weighted by Gasteiger charge is 2.33. The number of thiocarbonyl (C=S) groups is 1. The van der Waals surface area contributed by atoms with Gasteiger partial charge >= 0.3 is 5.97 Å². The average molecular weight is 446 g/mol. The molecular weight excluding hydrogens is 428 g/mol. The third-order valence-electron chi connectivity index (χ3n) is 5.12. The van der Waals surface area contributed by atoms with Crippen molar-refractivity contribution in [3.63, 3.8) is 0 Å². The predicted octanol–water partition coefficient (Wildman–Crippen LogP) is 3.80. The molecule has 32 heavy (non-hydrogen) atoms. The van der Waals surface area contributed by atoms with E-state index in [1.165, 1.54) is 23.1 Å². The van der Waals surface area contributed by atoms with Crippen molar-refractivity contribution in [2.45, 2.75) is 13.0 Å². The molecule has 7 nitrogen and oxygen atoms in total. The number of aromatic hydroxyl groups is 1. The maximum Gasteiger partial charge on any atom is 0.339 e. The number of carboxylic acid groups (broad SMARTS) is 1. The van der Waals surface area contributed by atoms with Crippen molar-refractivity contribution in [3.8, 4) is 17.0 Å². The number of H-pyrrole nitrogens is 1. The zero-order valence-corrected chi connectivity index (χ0v) is 17.6. The number of aromatic carboxylic acids is 1. The van der Waals surface area contributed by atoms with Crippen LogP contribution in [-0.4, -0.2) is 42.7 Å². The monoisotopic (exact) mass is 446 g/mol. The summed E-state index contributed by atoms with van der Waals surface area (Å²) in [5.74, 6) is -2.37. The molecule has 2 heterocycles. The normalized spacial score (nSPS) is 15.4. The van der Waals surface area contributed by atoms with Crippen molar-refractivity contribution < 1.29 is 24.6 Å². The van der Waals surface area contributed by atoms with Gasteiger partial charge in [-0.1, -0.05) is 48.6 Å². The summed E-state index contributed by atoms with van der Waals surface area (Å²) in [6.07, 6.45) is 1.47. The maximum atomic E-state index is 13.0. The lowest BCUT2D eigenvalue weighted by Gasteiger charge is -2.28. The summed E-state index contributed by atoms with van der Waals surface area (Å²) >= 11 is 5.29. The van der Waals surface area contributed by atoms with E-state index >= 15 is 0 Å². The number of aromatic nitrogens is 1. The highest BCUT2D eigenvalue weighted by Crippen LogP contribution is 2.27. The number of nitrogens with zero attached hydrogens (tertiary/aromatic N) is 1. The molecule has 0 atom stereocenters. The van der Waals surface area contributed by atoms with Crippen LogP contribution in [-0.2, 0) is 16.1 Å². The van der Waals surface area contributed by atoms with Crippen LogP contribution in [0.1, 0.15) is 28.0 Å². The Morgan fingerprint density at radius 3 is 2.53 bits per heavy atom.